The van der Waals surface area contributed by atoms with Gasteiger partial charge in [-0.05, 0) is 39.7 Å². The summed E-state index contributed by atoms with van der Waals surface area (Å²) in [5.74, 6) is 1.13. The fraction of sp³-hybridized carbons (Fsp3) is 0.273. The van der Waals surface area contributed by atoms with Crippen molar-refractivity contribution in [2.45, 2.75) is 19.8 Å². The van der Waals surface area contributed by atoms with Crippen LogP contribution in [0.15, 0.2) is 28.7 Å². The molecule has 1 aromatic heterocycles. The van der Waals surface area contributed by atoms with Crippen molar-refractivity contribution in [3.8, 4) is 5.69 Å². The van der Waals surface area contributed by atoms with Gasteiger partial charge in [-0.15, -0.1) is 10.2 Å². The van der Waals surface area contributed by atoms with Crippen molar-refractivity contribution in [2.75, 3.05) is 0 Å². The number of rotatable bonds is 2. The fourth-order valence-electron chi connectivity index (χ4n) is 1.51. The Bertz CT molecular complexity index is 508. The minimum Gasteiger partial charge on any atom is -0.268 e. The zero-order chi connectivity index (χ0) is 11.7. The number of hydrogen-bond acceptors (Lipinski definition) is 2. The van der Waals surface area contributed by atoms with Crippen LogP contribution in [0.25, 0.3) is 5.69 Å². The summed E-state index contributed by atoms with van der Waals surface area (Å²) >= 11 is 9.56. The van der Waals surface area contributed by atoms with E-state index in [0.29, 0.717) is 5.28 Å². The van der Waals surface area contributed by atoms with Gasteiger partial charge in [0.2, 0.25) is 5.28 Å². The summed E-state index contributed by atoms with van der Waals surface area (Å²) in [6, 6.07) is 7.86. The van der Waals surface area contributed by atoms with Gasteiger partial charge in [0.25, 0.3) is 0 Å². The molecule has 0 bridgehead atoms. The molecule has 0 saturated carbocycles. The molecule has 0 atom stereocenters. The van der Waals surface area contributed by atoms with Gasteiger partial charge in [0.15, 0.2) is 0 Å². The van der Waals surface area contributed by atoms with Crippen molar-refractivity contribution in [1.82, 2.24) is 14.8 Å². The first kappa shape index (κ1) is 11.6. The third-order valence-corrected chi connectivity index (χ3v) is 3.17. The van der Waals surface area contributed by atoms with E-state index in [4.69, 9.17) is 11.6 Å². The monoisotopic (exact) mass is 299 g/mol. The van der Waals surface area contributed by atoms with Crippen LogP contribution in [0.4, 0.5) is 0 Å². The number of nitrogens with zero attached hydrogens (tertiary/aromatic N) is 3. The largest absolute Gasteiger partial charge is 0.268 e. The van der Waals surface area contributed by atoms with Gasteiger partial charge in [-0.1, -0.05) is 26.0 Å². The summed E-state index contributed by atoms with van der Waals surface area (Å²) in [6.07, 6.45) is 0. The lowest BCUT2D eigenvalue weighted by Crippen LogP contribution is -2.03. The third kappa shape index (κ3) is 1.99. The van der Waals surface area contributed by atoms with Crippen molar-refractivity contribution in [2.24, 2.45) is 0 Å². The average Bonchev–Trinajstić information content (AvgIpc) is 2.61. The molecule has 16 heavy (non-hydrogen) atoms. The van der Waals surface area contributed by atoms with Gasteiger partial charge in [0.05, 0.1) is 5.69 Å². The summed E-state index contributed by atoms with van der Waals surface area (Å²) in [5, 5.41) is 8.39. The molecule has 0 aliphatic carbocycles. The minimum atomic E-state index is 0.270. The Kier molecular flexibility index (Phi) is 3.30. The minimum absolute atomic E-state index is 0.270. The van der Waals surface area contributed by atoms with Crippen LogP contribution in [-0.4, -0.2) is 14.8 Å². The van der Waals surface area contributed by atoms with Gasteiger partial charge in [-0.3, -0.25) is 4.57 Å². The van der Waals surface area contributed by atoms with Crippen molar-refractivity contribution in [1.29, 1.82) is 0 Å². The molecule has 5 heteroatoms. The van der Waals surface area contributed by atoms with Gasteiger partial charge in [-0.25, -0.2) is 0 Å². The molecular formula is C11H11BrClN3. The molecule has 1 aromatic carbocycles. The maximum Gasteiger partial charge on any atom is 0.229 e. The third-order valence-electron chi connectivity index (χ3n) is 2.26. The van der Waals surface area contributed by atoms with Crippen LogP contribution >= 0.6 is 27.5 Å². The fourth-order valence-corrected chi connectivity index (χ4v) is 2.18. The normalized spacial score (nSPS) is 11.1. The van der Waals surface area contributed by atoms with Crippen LogP contribution < -0.4 is 0 Å². The highest BCUT2D eigenvalue weighted by Crippen LogP contribution is 2.27. The summed E-state index contributed by atoms with van der Waals surface area (Å²) in [4.78, 5) is 0. The predicted molar refractivity (Wildman–Crippen MR) is 68.2 cm³/mol. The highest BCUT2D eigenvalue weighted by molar-refractivity contribution is 9.10. The molecule has 0 unspecified atom stereocenters. The summed E-state index contributed by atoms with van der Waals surface area (Å²) in [5.41, 5.74) is 0.959. The van der Waals surface area contributed by atoms with Crippen LogP contribution in [0, 0.1) is 0 Å². The van der Waals surface area contributed by atoms with Crippen LogP contribution in [0.3, 0.4) is 0 Å². The Balaban J connectivity index is 2.64. The Morgan fingerprint density at radius 3 is 2.56 bits per heavy atom. The predicted octanol–water partition coefficient (Wildman–Crippen LogP) is 3.81. The number of benzene rings is 1. The number of halogens is 2. The van der Waals surface area contributed by atoms with E-state index in [9.17, 15) is 0 Å². The number of aromatic nitrogens is 3. The van der Waals surface area contributed by atoms with E-state index in [0.717, 1.165) is 16.0 Å². The summed E-state index contributed by atoms with van der Waals surface area (Å²) < 4.78 is 2.83. The van der Waals surface area contributed by atoms with Crippen LogP contribution in [0.5, 0.6) is 0 Å². The molecule has 0 spiro atoms. The molecule has 0 amide bonds. The highest BCUT2D eigenvalue weighted by atomic mass is 79.9. The molecule has 0 radical (unpaired) electrons. The van der Waals surface area contributed by atoms with E-state index in [1.54, 1.807) is 0 Å². The zero-order valence-electron chi connectivity index (χ0n) is 8.98. The number of para-hydroxylation sites is 1. The van der Waals surface area contributed by atoms with Gasteiger partial charge >= 0.3 is 0 Å². The van der Waals surface area contributed by atoms with Crippen molar-refractivity contribution >= 4 is 27.5 Å². The van der Waals surface area contributed by atoms with Crippen molar-refractivity contribution < 1.29 is 0 Å². The maximum atomic E-state index is 6.06. The van der Waals surface area contributed by atoms with Crippen molar-refractivity contribution in [3.05, 3.63) is 39.8 Å². The Labute approximate surface area is 108 Å². The molecule has 84 valence electrons. The van der Waals surface area contributed by atoms with E-state index in [-0.39, 0.29) is 5.92 Å². The molecular weight excluding hydrogens is 289 g/mol. The highest BCUT2D eigenvalue weighted by Gasteiger charge is 2.16. The van der Waals surface area contributed by atoms with Crippen molar-refractivity contribution in [3.63, 3.8) is 0 Å². The van der Waals surface area contributed by atoms with Crippen LogP contribution in [0.1, 0.15) is 25.6 Å². The first-order valence-electron chi connectivity index (χ1n) is 4.97. The standard InChI is InChI=1S/C11H11BrClN3/c1-7(2)10-14-15-11(13)16(10)9-6-4-3-5-8(9)12/h3-7H,1-2H3. The molecule has 3 nitrogen and oxygen atoms in total. The SMILES string of the molecule is CC(C)c1nnc(Cl)n1-c1ccccc1Br. The van der Waals surface area contributed by atoms with E-state index >= 15 is 0 Å². The molecule has 0 N–H and O–H groups in total. The molecule has 2 aromatic rings. The Hall–Kier alpha value is -0.870. The molecule has 0 aliphatic rings. The van der Waals surface area contributed by atoms with Crippen LogP contribution in [-0.2, 0) is 0 Å². The van der Waals surface area contributed by atoms with E-state index < -0.39 is 0 Å². The lowest BCUT2D eigenvalue weighted by atomic mass is 10.2. The van der Waals surface area contributed by atoms with Gasteiger partial charge in [-0.2, -0.15) is 0 Å². The van der Waals surface area contributed by atoms with E-state index in [1.165, 1.54) is 0 Å². The Morgan fingerprint density at radius 1 is 1.25 bits per heavy atom. The lowest BCUT2D eigenvalue weighted by Gasteiger charge is -2.11. The second kappa shape index (κ2) is 4.55. The maximum absolute atomic E-state index is 6.06. The Morgan fingerprint density at radius 2 is 1.94 bits per heavy atom. The second-order valence-electron chi connectivity index (χ2n) is 3.77. The molecule has 2 rings (SSSR count). The molecule has 1 heterocycles. The topological polar surface area (TPSA) is 30.7 Å². The van der Waals surface area contributed by atoms with Gasteiger partial charge < -0.3 is 0 Å². The number of hydrogen-bond donors (Lipinski definition) is 0. The molecule has 0 aliphatic heterocycles. The van der Waals surface area contributed by atoms with Crippen LogP contribution in [0.2, 0.25) is 5.28 Å². The molecule has 0 fully saturated rings. The smallest absolute Gasteiger partial charge is 0.229 e. The first-order chi connectivity index (χ1) is 7.61. The summed E-state index contributed by atoms with van der Waals surface area (Å²) in [6.45, 7) is 4.13. The summed E-state index contributed by atoms with van der Waals surface area (Å²) in [7, 11) is 0. The first-order valence-corrected chi connectivity index (χ1v) is 6.14. The van der Waals surface area contributed by atoms with E-state index in [1.807, 2.05) is 28.8 Å². The quantitative estimate of drug-likeness (QED) is 0.844. The zero-order valence-corrected chi connectivity index (χ0v) is 11.3. The second-order valence-corrected chi connectivity index (χ2v) is 4.96. The van der Waals surface area contributed by atoms with Gasteiger partial charge in [0, 0.05) is 10.4 Å². The van der Waals surface area contributed by atoms with Gasteiger partial charge in [0.1, 0.15) is 5.82 Å². The molecule has 0 saturated heterocycles. The lowest BCUT2D eigenvalue weighted by molar-refractivity contribution is 0.745. The average molecular weight is 301 g/mol. The van der Waals surface area contributed by atoms with E-state index in [2.05, 4.69) is 40.0 Å².